The maximum Gasteiger partial charge on any atom is 0.270 e. The van der Waals surface area contributed by atoms with E-state index in [0.29, 0.717) is 25.7 Å². The molecule has 1 aromatic rings. The van der Waals surface area contributed by atoms with Crippen molar-refractivity contribution in [1.82, 2.24) is 0 Å². The van der Waals surface area contributed by atoms with E-state index in [4.69, 9.17) is 0 Å². The van der Waals surface area contributed by atoms with Gasteiger partial charge < -0.3 is 10.4 Å². The number of rotatable bonds is 4. The second-order valence-electron chi connectivity index (χ2n) is 4.98. The molecule has 5 nitrogen and oxygen atoms in total. The second-order valence-corrected chi connectivity index (χ2v) is 4.98. The topological polar surface area (TPSA) is 75.4 Å². The number of aliphatic hydroxyl groups excluding tert-OH is 1. The number of nitrogens with zero attached hydrogens (tertiary/aromatic N) is 1. The molecule has 1 aliphatic rings. The van der Waals surface area contributed by atoms with Gasteiger partial charge in [0.25, 0.3) is 12.1 Å². The lowest BCUT2D eigenvalue weighted by atomic mass is 9.93. The monoisotopic (exact) mass is 286 g/mol. The molecular weight excluding hydrogens is 270 g/mol. The summed E-state index contributed by atoms with van der Waals surface area (Å²) in [4.78, 5) is 9.94. The van der Waals surface area contributed by atoms with Crippen LogP contribution in [0, 0.1) is 10.1 Å². The Hall–Kier alpha value is -1.76. The third-order valence-electron chi connectivity index (χ3n) is 3.54. The van der Waals surface area contributed by atoms with Crippen LogP contribution in [0.2, 0.25) is 0 Å². The van der Waals surface area contributed by atoms with Crippen LogP contribution < -0.4 is 5.32 Å². The van der Waals surface area contributed by atoms with Gasteiger partial charge in [-0.2, -0.15) is 0 Å². The molecule has 0 saturated heterocycles. The Morgan fingerprint density at radius 1 is 1.30 bits per heavy atom. The Morgan fingerprint density at radius 2 is 1.95 bits per heavy atom. The predicted molar refractivity (Wildman–Crippen MR) is 69.9 cm³/mol. The van der Waals surface area contributed by atoms with Gasteiger partial charge in [-0.05, 0) is 31.7 Å². The zero-order chi connectivity index (χ0) is 14.7. The SMILES string of the molecule is O=[N+]([O-])c1ccc(NC2CCC(O)CC2)c(C(F)F)c1. The first kappa shape index (κ1) is 14.6. The maximum absolute atomic E-state index is 13.0. The number of non-ortho nitro benzene ring substituents is 1. The van der Waals surface area contributed by atoms with Crippen LogP contribution >= 0.6 is 0 Å². The minimum Gasteiger partial charge on any atom is -0.393 e. The second kappa shape index (κ2) is 6.13. The van der Waals surface area contributed by atoms with Gasteiger partial charge in [-0.1, -0.05) is 0 Å². The standard InChI is InChI=1S/C13H16F2N2O3/c14-13(15)11-7-9(17(19)20)3-6-12(11)16-8-1-4-10(18)5-2-8/h3,6-8,10,13,16,18H,1-2,4-5H2. The molecule has 2 rings (SSSR count). The number of nitrogens with one attached hydrogen (secondary N) is 1. The summed E-state index contributed by atoms with van der Waals surface area (Å²) >= 11 is 0. The van der Waals surface area contributed by atoms with Gasteiger partial charge in [0.1, 0.15) is 0 Å². The molecule has 1 aliphatic carbocycles. The van der Waals surface area contributed by atoms with Crippen molar-refractivity contribution in [3.8, 4) is 0 Å². The number of nitro benzene ring substituents is 1. The number of anilines is 1. The molecule has 0 heterocycles. The zero-order valence-electron chi connectivity index (χ0n) is 10.8. The minimum absolute atomic E-state index is 0.0114. The molecule has 110 valence electrons. The molecule has 0 unspecified atom stereocenters. The highest BCUT2D eigenvalue weighted by Crippen LogP contribution is 2.32. The Bertz CT molecular complexity index is 489. The Kier molecular flexibility index (Phi) is 4.49. The first-order valence-corrected chi connectivity index (χ1v) is 6.48. The van der Waals surface area contributed by atoms with Gasteiger partial charge in [-0.15, -0.1) is 0 Å². The summed E-state index contributed by atoms with van der Waals surface area (Å²) in [5.74, 6) is 0. The first-order valence-electron chi connectivity index (χ1n) is 6.48. The molecule has 1 saturated carbocycles. The van der Waals surface area contributed by atoms with Crippen molar-refractivity contribution in [2.75, 3.05) is 5.32 Å². The lowest BCUT2D eigenvalue weighted by Gasteiger charge is -2.27. The van der Waals surface area contributed by atoms with E-state index in [9.17, 15) is 24.0 Å². The number of hydrogen-bond donors (Lipinski definition) is 2. The lowest BCUT2D eigenvalue weighted by Crippen LogP contribution is -2.28. The number of benzene rings is 1. The van der Waals surface area contributed by atoms with Crippen molar-refractivity contribution in [2.45, 2.75) is 44.3 Å². The molecule has 0 amide bonds. The van der Waals surface area contributed by atoms with Gasteiger partial charge in [0.2, 0.25) is 0 Å². The number of aliphatic hydroxyl groups is 1. The summed E-state index contributed by atoms with van der Waals surface area (Å²) in [5, 5.41) is 23.0. The van der Waals surface area contributed by atoms with Crippen LogP contribution in [0.25, 0.3) is 0 Å². The van der Waals surface area contributed by atoms with Crippen molar-refractivity contribution in [3.63, 3.8) is 0 Å². The minimum atomic E-state index is -2.77. The Labute approximate surface area is 114 Å². The van der Waals surface area contributed by atoms with Gasteiger partial charge in [-0.3, -0.25) is 10.1 Å². The van der Waals surface area contributed by atoms with E-state index in [1.54, 1.807) is 0 Å². The highest BCUT2D eigenvalue weighted by Gasteiger charge is 2.23. The average Bonchev–Trinajstić information content (AvgIpc) is 2.41. The third-order valence-corrected chi connectivity index (χ3v) is 3.54. The Balaban J connectivity index is 2.16. The van der Waals surface area contributed by atoms with E-state index in [1.165, 1.54) is 12.1 Å². The van der Waals surface area contributed by atoms with Crippen molar-refractivity contribution < 1.29 is 18.8 Å². The molecule has 1 fully saturated rings. The fraction of sp³-hybridized carbons (Fsp3) is 0.538. The molecule has 0 aromatic heterocycles. The van der Waals surface area contributed by atoms with Gasteiger partial charge in [0, 0.05) is 29.4 Å². The molecular formula is C13H16F2N2O3. The molecule has 2 N–H and O–H groups in total. The van der Waals surface area contributed by atoms with E-state index in [0.717, 1.165) is 6.07 Å². The quantitative estimate of drug-likeness (QED) is 0.658. The summed E-state index contributed by atoms with van der Waals surface area (Å²) in [6.07, 6.45) is -0.434. The number of alkyl halides is 2. The van der Waals surface area contributed by atoms with E-state index in [2.05, 4.69) is 5.32 Å². The summed E-state index contributed by atoms with van der Waals surface area (Å²) in [7, 11) is 0. The summed E-state index contributed by atoms with van der Waals surface area (Å²) in [5.41, 5.74) is -0.470. The summed E-state index contributed by atoms with van der Waals surface area (Å²) in [6, 6.07) is 3.46. The van der Waals surface area contributed by atoms with Crippen molar-refractivity contribution in [2.24, 2.45) is 0 Å². The Morgan fingerprint density at radius 3 is 2.50 bits per heavy atom. The number of nitro groups is 1. The van der Waals surface area contributed by atoms with E-state index < -0.39 is 11.3 Å². The molecule has 0 atom stereocenters. The number of hydrogen-bond acceptors (Lipinski definition) is 4. The van der Waals surface area contributed by atoms with Crippen LogP contribution in [-0.4, -0.2) is 22.2 Å². The summed E-state index contributed by atoms with van der Waals surface area (Å²) in [6.45, 7) is 0. The predicted octanol–water partition coefficient (Wildman–Crippen LogP) is 3.25. The van der Waals surface area contributed by atoms with Gasteiger partial charge in [-0.25, -0.2) is 8.78 Å². The maximum atomic E-state index is 13.0. The highest BCUT2D eigenvalue weighted by atomic mass is 19.3. The molecule has 7 heteroatoms. The highest BCUT2D eigenvalue weighted by molar-refractivity contribution is 5.57. The fourth-order valence-corrected chi connectivity index (χ4v) is 2.42. The summed E-state index contributed by atoms with van der Waals surface area (Å²) < 4.78 is 26.0. The van der Waals surface area contributed by atoms with Crippen LogP contribution in [0.1, 0.15) is 37.7 Å². The molecule has 0 radical (unpaired) electrons. The zero-order valence-corrected chi connectivity index (χ0v) is 10.8. The van der Waals surface area contributed by atoms with Crippen LogP contribution in [0.5, 0.6) is 0 Å². The van der Waals surface area contributed by atoms with E-state index in [1.807, 2.05) is 0 Å². The van der Waals surface area contributed by atoms with Gasteiger partial charge in [0.15, 0.2) is 0 Å². The molecule has 0 bridgehead atoms. The lowest BCUT2D eigenvalue weighted by molar-refractivity contribution is -0.385. The first-order chi connectivity index (χ1) is 9.47. The van der Waals surface area contributed by atoms with Gasteiger partial charge in [0.05, 0.1) is 11.0 Å². The van der Waals surface area contributed by atoms with Gasteiger partial charge >= 0.3 is 0 Å². The molecule has 1 aromatic carbocycles. The van der Waals surface area contributed by atoms with Crippen LogP contribution in [0.15, 0.2) is 18.2 Å². The molecule has 0 spiro atoms. The third kappa shape index (κ3) is 3.41. The molecule has 20 heavy (non-hydrogen) atoms. The smallest absolute Gasteiger partial charge is 0.270 e. The normalized spacial score (nSPS) is 22.8. The molecule has 0 aliphatic heterocycles. The van der Waals surface area contributed by atoms with Crippen molar-refractivity contribution in [3.05, 3.63) is 33.9 Å². The van der Waals surface area contributed by atoms with Crippen molar-refractivity contribution >= 4 is 11.4 Å². The largest absolute Gasteiger partial charge is 0.393 e. The van der Waals surface area contributed by atoms with E-state index in [-0.39, 0.29) is 29.1 Å². The van der Waals surface area contributed by atoms with E-state index >= 15 is 0 Å². The number of halogens is 2. The average molecular weight is 286 g/mol. The fourth-order valence-electron chi connectivity index (χ4n) is 2.42. The van der Waals surface area contributed by atoms with Crippen LogP contribution in [0.3, 0.4) is 0 Å². The van der Waals surface area contributed by atoms with Crippen molar-refractivity contribution in [1.29, 1.82) is 0 Å². The van der Waals surface area contributed by atoms with Crippen LogP contribution in [0.4, 0.5) is 20.2 Å². The van der Waals surface area contributed by atoms with Crippen LogP contribution in [-0.2, 0) is 0 Å².